The topological polar surface area (TPSA) is 38.5 Å². The third kappa shape index (κ3) is 3.36. The second kappa shape index (κ2) is 6.53. The molecule has 0 amide bonds. The molecule has 0 aliphatic rings. The number of nitrogen functional groups attached to an aromatic ring is 1. The summed E-state index contributed by atoms with van der Waals surface area (Å²) in [5.74, 6) is 1.38. The molecular formula is C16H19ClN2O. The second-order valence-electron chi connectivity index (χ2n) is 4.45. The van der Waals surface area contributed by atoms with Crippen LogP contribution >= 0.6 is 11.6 Å². The number of hydrogen-bond donors (Lipinski definition) is 1. The minimum atomic E-state index is 0.533. The molecule has 0 unspecified atom stereocenters. The Bertz CT molecular complexity index is 582. The van der Waals surface area contributed by atoms with Crippen molar-refractivity contribution in [2.75, 3.05) is 23.7 Å². The molecule has 106 valence electrons. The van der Waals surface area contributed by atoms with E-state index in [-0.39, 0.29) is 0 Å². The van der Waals surface area contributed by atoms with Crippen LogP contribution in [0.15, 0.2) is 42.5 Å². The van der Waals surface area contributed by atoms with E-state index < -0.39 is 0 Å². The lowest BCUT2D eigenvalue weighted by Crippen LogP contribution is -2.21. The zero-order valence-corrected chi connectivity index (χ0v) is 12.5. The van der Waals surface area contributed by atoms with E-state index in [1.54, 1.807) is 18.2 Å². The number of rotatable bonds is 5. The van der Waals surface area contributed by atoms with Crippen LogP contribution in [0.1, 0.15) is 13.8 Å². The van der Waals surface area contributed by atoms with Crippen LogP contribution in [0.5, 0.6) is 11.5 Å². The fraction of sp³-hybridized carbons (Fsp3) is 0.250. The van der Waals surface area contributed by atoms with E-state index in [0.717, 1.165) is 24.5 Å². The SMILES string of the molecule is CCN(CC)c1cccc(Oc2ccc(Cl)cc2N)c1. The van der Waals surface area contributed by atoms with Crippen molar-refractivity contribution in [2.45, 2.75) is 13.8 Å². The molecule has 0 aliphatic carbocycles. The van der Waals surface area contributed by atoms with Crippen molar-refractivity contribution in [3.05, 3.63) is 47.5 Å². The van der Waals surface area contributed by atoms with Crippen LogP contribution < -0.4 is 15.4 Å². The molecule has 0 radical (unpaired) electrons. The van der Waals surface area contributed by atoms with Gasteiger partial charge in [-0.3, -0.25) is 0 Å². The van der Waals surface area contributed by atoms with Crippen LogP contribution in [0.2, 0.25) is 5.02 Å². The van der Waals surface area contributed by atoms with Gasteiger partial charge in [-0.1, -0.05) is 17.7 Å². The minimum absolute atomic E-state index is 0.533. The van der Waals surface area contributed by atoms with Crippen molar-refractivity contribution < 1.29 is 4.74 Å². The van der Waals surface area contributed by atoms with Crippen LogP contribution in [-0.4, -0.2) is 13.1 Å². The van der Waals surface area contributed by atoms with Gasteiger partial charge >= 0.3 is 0 Å². The maximum absolute atomic E-state index is 5.90. The van der Waals surface area contributed by atoms with Crippen LogP contribution in [-0.2, 0) is 0 Å². The molecule has 20 heavy (non-hydrogen) atoms. The summed E-state index contributed by atoms with van der Waals surface area (Å²) < 4.78 is 5.83. The van der Waals surface area contributed by atoms with E-state index in [1.807, 2.05) is 18.2 Å². The van der Waals surface area contributed by atoms with Gasteiger partial charge in [0.25, 0.3) is 0 Å². The van der Waals surface area contributed by atoms with Gasteiger partial charge in [-0.25, -0.2) is 0 Å². The molecule has 0 aliphatic heterocycles. The molecule has 3 nitrogen and oxygen atoms in total. The Balaban J connectivity index is 2.23. The third-order valence-corrected chi connectivity index (χ3v) is 3.38. The van der Waals surface area contributed by atoms with Gasteiger partial charge in [0.1, 0.15) is 11.5 Å². The number of nitrogens with two attached hydrogens (primary N) is 1. The fourth-order valence-corrected chi connectivity index (χ4v) is 2.25. The average molecular weight is 291 g/mol. The van der Waals surface area contributed by atoms with Gasteiger partial charge in [-0.15, -0.1) is 0 Å². The molecule has 0 saturated heterocycles. The van der Waals surface area contributed by atoms with Gasteiger partial charge in [-0.2, -0.15) is 0 Å². The Morgan fingerprint density at radius 2 is 1.85 bits per heavy atom. The molecule has 0 fully saturated rings. The Labute approximate surface area is 124 Å². The van der Waals surface area contributed by atoms with Gasteiger partial charge in [0.05, 0.1) is 5.69 Å². The van der Waals surface area contributed by atoms with Gasteiger partial charge in [-0.05, 0) is 44.2 Å². The molecule has 2 rings (SSSR count). The fourth-order valence-electron chi connectivity index (χ4n) is 2.07. The third-order valence-electron chi connectivity index (χ3n) is 3.15. The van der Waals surface area contributed by atoms with Crippen molar-refractivity contribution in [3.63, 3.8) is 0 Å². The van der Waals surface area contributed by atoms with Gasteiger partial charge in [0, 0.05) is 29.9 Å². The normalized spacial score (nSPS) is 10.3. The number of ether oxygens (including phenoxy) is 1. The molecule has 0 aromatic heterocycles. The summed E-state index contributed by atoms with van der Waals surface area (Å²) in [5.41, 5.74) is 7.57. The minimum Gasteiger partial charge on any atom is -0.455 e. The van der Waals surface area contributed by atoms with E-state index in [2.05, 4.69) is 24.8 Å². The first-order chi connectivity index (χ1) is 9.63. The molecule has 2 aromatic carbocycles. The summed E-state index contributed by atoms with van der Waals surface area (Å²) in [6, 6.07) is 13.2. The molecule has 0 spiro atoms. The van der Waals surface area contributed by atoms with E-state index in [0.29, 0.717) is 16.5 Å². The molecule has 2 aromatic rings. The van der Waals surface area contributed by atoms with E-state index >= 15 is 0 Å². The first kappa shape index (κ1) is 14.5. The molecule has 0 bridgehead atoms. The predicted octanol–water partition coefficient (Wildman–Crippen LogP) is 4.56. The summed E-state index contributed by atoms with van der Waals surface area (Å²) in [5, 5.41) is 0.603. The maximum Gasteiger partial charge on any atom is 0.150 e. The number of halogens is 1. The van der Waals surface area contributed by atoms with Crippen LogP contribution in [0.4, 0.5) is 11.4 Å². The Morgan fingerprint density at radius 1 is 1.10 bits per heavy atom. The summed E-state index contributed by atoms with van der Waals surface area (Å²) in [6.07, 6.45) is 0. The smallest absolute Gasteiger partial charge is 0.150 e. The highest BCUT2D eigenvalue weighted by atomic mass is 35.5. The number of benzene rings is 2. The van der Waals surface area contributed by atoms with E-state index in [1.165, 1.54) is 0 Å². The standard InChI is InChI=1S/C16H19ClN2O/c1-3-19(4-2)13-6-5-7-14(11-13)20-16-9-8-12(17)10-15(16)18/h5-11H,3-4,18H2,1-2H3. The predicted molar refractivity (Wildman–Crippen MR) is 85.9 cm³/mol. The molecule has 0 heterocycles. The molecule has 0 saturated carbocycles. The lowest BCUT2D eigenvalue weighted by Gasteiger charge is -2.21. The number of anilines is 2. The van der Waals surface area contributed by atoms with Crippen molar-refractivity contribution in [1.82, 2.24) is 0 Å². The summed E-state index contributed by atoms with van der Waals surface area (Å²) in [4.78, 5) is 2.26. The van der Waals surface area contributed by atoms with Crippen molar-refractivity contribution in [3.8, 4) is 11.5 Å². The lowest BCUT2D eigenvalue weighted by molar-refractivity contribution is 0.485. The Morgan fingerprint density at radius 3 is 2.50 bits per heavy atom. The Hall–Kier alpha value is -1.87. The van der Waals surface area contributed by atoms with Crippen LogP contribution in [0.3, 0.4) is 0 Å². The summed E-state index contributed by atoms with van der Waals surface area (Å²) in [7, 11) is 0. The van der Waals surface area contributed by atoms with Gasteiger partial charge in [0.2, 0.25) is 0 Å². The van der Waals surface area contributed by atoms with Crippen LogP contribution in [0.25, 0.3) is 0 Å². The lowest BCUT2D eigenvalue weighted by atomic mass is 10.2. The van der Waals surface area contributed by atoms with Crippen LogP contribution in [0, 0.1) is 0 Å². The first-order valence-corrected chi connectivity index (χ1v) is 7.09. The van der Waals surface area contributed by atoms with E-state index in [9.17, 15) is 0 Å². The van der Waals surface area contributed by atoms with Crippen molar-refractivity contribution in [1.29, 1.82) is 0 Å². The highest BCUT2D eigenvalue weighted by molar-refractivity contribution is 6.30. The van der Waals surface area contributed by atoms with E-state index in [4.69, 9.17) is 22.1 Å². The first-order valence-electron chi connectivity index (χ1n) is 6.72. The summed E-state index contributed by atoms with van der Waals surface area (Å²) in [6.45, 7) is 6.19. The van der Waals surface area contributed by atoms with Crippen molar-refractivity contribution >= 4 is 23.0 Å². The monoisotopic (exact) mass is 290 g/mol. The highest BCUT2D eigenvalue weighted by Gasteiger charge is 2.06. The quantitative estimate of drug-likeness (QED) is 0.820. The Kier molecular flexibility index (Phi) is 4.74. The highest BCUT2D eigenvalue weighted by Crippen LogP contribution is 2.31. The summed E-state index contributed by atoms with van der Waals surface area (Å²) >= 11 is 5.88. The second-order valence-corrected chi connectivity index (χ2v) is 4.89. The largest absolute Gasteiger partial charge is 0.455 e. The maximum atomic E-state index is 5.90. The van der Waals surface area contributed by atoms with Gasteiger partial charge in [0.15, 0.2) is 0 Å². The molecule has 0 atom stereocenters. The molecule has 2 N–H and O–H groups in total. The number of nitrogens with zero attached hydrogens (tertiary/aromatic N) is 1. The molecular weight excluding hydrogens is 272 g/mol. The zero-order valence-electron chi connectivity index (χ0n) is 11.8. The molecule has 4 heteroatoms. The zero-order chi connectivity index (χ0) is 14.5. The van der Waals surface area contributed by atoms with Crippen molar-refractivity contribution in [2.24, 2.45) is 0 Å². The van der Waals surface area contributed by atoms with Gasteiger partial charge < -0.3 is 15.4 Å². The average Bonchev–Trinajstić information content (AvgIpc) is 2.44. The number of hydrogen-bond acceptors (Lipinski definition) is 3.